The first-order chi connectivity index (χ1) is 6.63. The molecule has 0 fully saturated rings. The molecule has 0 unspecified atom stereocenters. The molecule has 0 saturated heterocycles. The lowest BCUT2D eigenvalue weighted by atomic mass is 9.88. The predicted molar refractivity (Wildman–Crippen MR) is 59.9 cm³/mol. The van der Waals surface area contributed by atoms with Crippen LogP contribution >= 0.6 is 34.8 Å². The smallest absolute Gasteiger partial charge is 0.325 e. The van der Waals surface area contributed by atoms with Crippen molar-refractivity contribution in [2.75, 3.05) is 0 Å². The Bertz CT molecular complexity index is 354. The summed E-state index contributed by atoms with van der Waals surface area (Å²) >= 11 is 14.4. The Morgan fingerprint density at radius 3 is 1.53 bits per heavy atom. The molecule has 3 N–H and O–H groups in total. The molecule has 2 aliphatic carbocycles. The minimum atomic E-state index is -3.27. The number of aliphatic hydroxyl groups is 3. The standard InChI is InChI=1S/C7H6.C2H3Cl3O3/c1-5-4-6-2-3-7(5)6;3-1(4,5)2(6,7)8/h2-4H,1H3;6-8H. The Labute approximate surface area is 102 Å². The normalized spacial score (nSPS) is 13.0. The van der Waals surface area contributed by atoms with Gasteiger partial charge in [-0.05, 0) is 23.6 Å². The molecule has 2 aliphatic rings. The fourth-order valence-electron chi connectivity index (χ4n) is 0.981. The second-order valence-electron chi connectivity index (χ2n) is 3.16. The van der Waals surface area contributed by atoms with Crippen molar-refractivity contribution in [1.82, 2.24) is 0 Å². The van der Waals surface area contributed by atoms with Gasteiger partial charge in [-0.25, -0.2) is 0 Å². The van der Waals surface area contributed by atoms with E-state index in [-0.39, 0.29) is 0 Å². The van der Waals surface area contributed by atoms with Crippen molar-refractivity contribution in [3.63, 3.8) is 0 Å². The van der Waals surface area contributed by atoms with Gasteiger partial charge in [-0.15, -0.1) is 0 Å². The molecule has 0 radical (unpaired) electrons. The lowest BCUT2D eigenvalue weighted by molar-refractivity contribution is -0.307. The third-order valence-electron chi connectivity index (χ3n) is 1.92. The van der Waals surface area contributed by atoms with Gasteiger partial charge < -0.3 is 15.3 Å². The van der Waals surface area contributed by atoms with Gasteiger partial charge in [-0.1, -0.05) is 53.0 Å². The average molecular weight is 272 g/mol. The summed E-state index contributed by atoms with van der Waals surface area (Å²) in [6.07, 6.45) is 0. The van der Waals surface area contributed by atoms with Crippen LogP contribution in [0.1, 0.15) is 5.56 Å². The van der Waals surface area contributed by atoms with E-state index >= 15 is 0 Å². The van der Waals surface area contributed by atoms with E-state index in [1.807, 2.05) is 0 Å². The highest BCUT2D eigenvalue weighted by Crippen LogP contribution is 2.35. The van der Waals surface area contributed by atoms with E-state index in [1.54, 1.807) is 0 Å². The van der Waals surface area contributed by atoms with Crippen LogP contribution in [0.2, 0.25) is 0 Å². The van der Waals surface area contributed by atoms with E-state index in [0.717, 1.165) is 0 Å². The molecule has 15 heavy (non-hydrogen) atoms. The minimum absolute atomic E-state index is 1.44. The highest BCUT2D eigenvalue weighted by molar-refractivity contribution is 6.68. The maximum absolute atomic E-state index is 8.07. The van der Waals surface area contributed by atoms with Crippen molar-refractivity contribution < 1.29 is 15.3 Å². The van der Waals surface area contributed by atoms with Crippen LogP contribution in [0.5, 0.6) is 0 Å². The van der Waals surface area contributed by atoms with Crippen molar-refractivity contribution >= 4 is 34.8 Å². The fourth-order valence-corrected chi connectivity index (χ4v) is 0.981. The number of hydrogen-bond acceptors (Lipinski definition) is 3. The van der Waals surface area contributed by atoms with Crippen LogP contribution in [0.3, 0.4) is 0 Å². The van der Waals surface area contributed by atoms with Crippen LogP contribution in [-0.2, 0) is 0 Å². The first-order valence-corrected chi connectivity index (χ1v) is 5.11. The van der Waals surface area contributed by atoms with Crippen LogP contribution in [-0.4, -0.2) is 25.1 Å². The van der Waals surface area contributed by atoms with Crippen molar-refractivity contribution in [3.8, 4) is 11.1 Å². The summed E-state index contributed by atoms with van der Waals surface area (Å²) in [6.45, 7) is 2.14. The molecule has 6 heteroatoms. The van der Waals surface area contributed by atoms with E-state index in [1.165, 1.54) is 16.7 Å². The molecule has 0 amide bonds. The molecule has 0 heterocycles. The molecule has 0 atom stereocenters. The zero-order valence-electron chi connectivity index (χ0n) is 7.71. The zero-order chi connectivity index (χ0) is 11.9. The summed E-state index contributed by atoms with van der Waals surface area (Å²) in [6, 6.07) is 6.50. The lowest BCUT2D eigenvalue weighted by Gasteiger charge is -2.21. The monoisotopic (exact) mass is 270 g/mol. The average Bonchev–Trinajstić information content (AvgIpc) is 1.96. The fraction of sp³-hybridized carbons (Fsp3) is 0.333. The van der Waals surface area contributed by atoms with Gasteiger partial charge in [0.2, 0.25) is 0 Å². The SMILES string of the molecule is Cc1cc2ccc1-2.OC(O)(O)C(Cl)(Cl)Cl. The van der Waals surface area contributed by atoms with Crippen LogP contribution in [0.25, 0.3) is 11.1 Å². The minimum Gasteiger partial charge on any atom is -0.340 e. The van der Waals surface area contributed by atoms with Gasteiger partial charge in [-0.2, -0.15) is 0 Å². The summed E-state index contributed by atoms with van der Waals surface area (Å²) in [5.41, 5.74) is 4.36. The van der Waals surface area contributed by atoms with Crippen molar-refractivity contribution in [3.05, 3.63) is 23.8 Å². The van der Waals surface area contributed by atoms with Gasteiger partial charge in [-0.3, -0.25) is 0 Å². The Kier molecular flexibility index (Phi) is 3.55. The van der Waals surface area contributed by atoms with Gasteiger partial charge in [0, 0.05) is 0 Å². The molecule has 0 spiro atoms. The third kappa shape index (κ3) is 2.97. The second-order valence-corrected chi connectivity index (χ2v) is 5.44. The molecule has 0 bridgehead atoms. The third-order valence-corrected chi connectivity index (χ3v) is 2.68. The highest BCUT2D eigenvalue weighted by Gasteiger charge is 2.44. The summed E-state index contributed by atoms with van der Waals surface area (Å²) in [5.74, 6) is -3.27. The Balaban J connectivity index is 0.000000150. The summed E-state index contributed by atoms with van der Waals surface area (Å²) in [4.78, 5) is 0. The van der Waals surface area contributed by atoms with Crippen LogP contribution < -0.4 is 0 Å². The quantitative estimate of drug-likeness (QED) is 0.507. The number of hydrogen-bond donors (Lipinski definition) is 3. The summed E-state index contributed by atoms with van der Waals surface area (Å²) < 4.78 is -2.48. The molecule has 0 aromatic carbocycles. The number of fused-ring (bicyclic) bond motifs is 1. The maximum atomic E-state index is 8.07. The van der Waals surface area contributed by atoms with Gasteiger partial charge in [0.25, 0.3) is 3.79 Å². The molecule has 2 rings (SSSR count). The Hall–Kier alpha value is -0.0300. The molecule has 3 nitrogen and oxygen atoms in total. The first kappa shape index (κ1) is 13.0. The largest absolute Gasteiger partial charge is 0.340 e. The predicted octanol–water partition coefficient (Wildman–Crippen LogP) is 1.96. The Morgan fingerprint density at radius 2 is 1.53 bits per heavy atom. The van der Waals surface area contributed by atoms with E-state index in [9.17, 15) is 0 Å². The van der Waals surface area contributed by atoms with Gasteiger partial charge in [0.05, 0.1) is 0 Å². The number of benzene rings is 1. The lowest BCUT2D eigenvalue weighted by Crippen LogP contribution is -2.42. The molecule has 0 aromatic heterocycles. The van der Waals surface area contributed by atoms with Crippen LogP contribution in [0, 0.1) is 6.92 Å². The first-order valence-electron chi connectivity index (χ1n) is 3.98. The summed E-state index contributed by atoms with van der Waals surface area (Å²) in [5, 5.41) is 24.2. The van der Waals surface area contributed by atoms with Crippen LogP contribution in [0.4, 0.5) is 0 Å². The second kappa shape index (κ2) is 4.09. The number of alkyl halides is 3. The van der Waals surface area contributed by atoms with Gasteiger partial charge in [0.15, 0.2) is 0 Å². The summed E-state index contributed by atoms with van der Waals surface area (Å²) in [7, 11) is 0. The number of aryl methyl sites for hydroxylation is 1. The molecule has 0 aliphatic heterocycles. The highest BCUT2D eigenvalue weighted by atomic mass is 35.6. The van der Waals surface area contributed by atoms with Crippen molar-refractivity contribution in [2.45, 2.75) is 16.7 Å². The van der Waals surface area contributed by atoms with Crippen LogP contribution in [0.15, 0.2) is 18.2 Å². The maximum Gasteiger partial charge on any atom is 0.325 e. The van der Waals surface area contributed by atoms with Gasteiger partial charge >= 0.3 is 5.97 Å². The van der Waals surface area contributed by atoms with E-state index in [0.29, 0.717) is 0 Å². The van der Waals surface area contributed by atoms with Crippen molar-refractivity contribution in [1.29, 1.82) is 0 Å². The topological polar surface area (TPSA) is 60.7 Å². The zero-order valence-corrected chi connectivity index (χ0v) is 9.98. The molecule has 0 aromatic rings. The number of rotatable bonds is 0. The van der Waals surface area contributed by atoms with E-state index in [4.69, 9.17) is 50.1 Å². The van der Waals surface area contributed by atoms with E-state index < -0.39 is 9.77 Å². The number of halogens is 3. The molecule has 0 saturated carbocycles. The van der Waals surface area contributed by atoms with Crippen molar-refractivity contribution in [2.24, 2.45) is 0 Å². The Morgan fingerprint density at radius 1 is 1.07 bits per heavy atom. The van der Waals surface area contributed by atoms with Gasteiger partial charge in [0.1, 0.15) is 0 Å². The molecule has 84 valence electrons. The molecular weight excluding hydrogens is 262 g/mol. The molecular formula is C9H9Cl3O3. The van der Waals surface area contributed by atoms with E-state index in [2.05, 4.69) is 25.1 Å².